The second-order valence-corrected chi connectivity index (χ2v) is 15.8. The molecule has 0 aliphatic heterocycles. The van der Waals surface area contributed by atoms with Crippen LogP contribution in [0.1, 0.15) is 25.0 Å². The minimum Gasteiger partial charge on any atom is -0.228 e. The predicted octanol–water partition coefficient (Wildman–Crippen LogP) is 14.6. The highest BCUT2D eigenvalue weighted by Crippen LogP contribution is 2.51. The standard InChI is InChI=1S/C55H38N2/c1-55(2)50-33-42(26-27-47(50)49-31-40-16-8-9-17-41(40)32-51(49)55)36-20-23-37(24-21-36)44-28-29-48(46-19-11-10-18-45(44)46)53-34-52(56-54(57-53)38-13-4-3-5-14-38)43-25-22-35-12-6-7-15-39(35)30-43/h3-34H,1-2H3. The summed E-state index contributed by atoms with van der Waals surface area (Å²) in [6.07, 6.45) is 0. The maximum Gasteiger partial charge on any atom is 0.160 e. The van der Waals surface area contributed by atoms with Crippen molar-refractivity contribution in [1.82, 2.24) is 9.97 Å². The molecule has 2 nitrogen and oxygen atoms in total. The van der Waals surface area contributed by atoms with Crippen LogP contribution in [0.5, 0.6) is 0 Å². The minimum atomic E-state index is -0.0763. The Morgan fingerprint density at radius 1 is 0.316 bits per heavy atom. The lowest BCUT2D eigenvalue weighted by Crippen LogP contribution is -2.15. The van der Waals surface area contributed by atoms with E-state index in [4.69, 9.17) is 9.97 Å². The first-order chi connectivity index (χ1) is 28.0. The van der Waals surface area contributed by atoms with Gasteiger partial charge in [-0.2, -0.15) is 0 Å². The third kappa shape index (κ3) is 5.56. The van der Waals surface area contributed by atoms with E-state index < -0.39 is 0 Å². The molecule has 11 rings (SSSR count). The molecule has 1 aromatic heterocycles. The predicted molar refractivity (Wildman–Crippen MR) is 239 cm³/mol. The summed E-state index contributed by atoms with van der Waals surface area (Å²) in [5.74, 6) is 0.715. The molecule has 0 saturated carbocycles. The van der Waals surface area contributed by atoms with Crippen LogP contribution < -0.4 is 0 Å². The summed E-state index contributed by atoms with van der Waals surface area (Å²) >= 11 is 0. The molecule has 1 heterocycles. The Hall–Kier alpha value is -7.16. The molecule has 0 fully saturated rings. The Balaban J connectivity index is 0.974. The third-order valence-corrected chi connectivity index (χ3v) is 12.1. The van der Waals surface area contributed by atoms with E-state index in [0.717, 1.165) is 33.5 Å². The first-order valence-corrected chi connectivity index (χ1v) is 19.7. The molecule has 1 aliphatic rings. The molecule has 0 N–H and O–H groups in total. The Bertz CT molecular complexity index is 3190. The van der Waals surface area contributed by atoms with Gasteiger partial charge in [0.15, 0.2) is 5.82 Å². The Morgan fingerprint density at radius 2 is 0.860 bits per heavy atom. The van der Waals surface area contributed by atoms with Crippen LogP contribution in [0.2, 0.25) is 0 Å². The molecule has 0 atom stereocenters. The monoisotopic (exact) mass is 726 g/mol. The van der Waals surface area contributed by atoms with E-state index in [1.165, 1.54) is 71.4 Å². The van der Waals surface area contributed by atoms with Crippen LogP contribution in [0.4, 0.5) is 0 Å². The van der Waals surface area contributed by atoms with Crippen LogP contribution >= 0.6 is 0 Å². The molecular formula is C55H38N2. The van der Waals surface area contributed by atoms with Crippen LogP contribution in [0.25, 0.3) is 99.6 Å². The number of fused-ring (bicyclic) bond motifs is 6. The Kier molecular flexibility index (Phi) is 7.55. The van der Waals surface area contributed by atoms with Gasteiger partial charge in [-0.3, -0.25) is 0 Å². The number of aromatic nitrogens is 2. The SMILES string of the molecule is CC1(C)c2cc(-c3ccc(-c4ccc(-c5cc(-c6ccc7ccccc7c6)nc(-c6ccccc6)n5)c5ccccc45)cc3)ccc2-c2cc3ccccc3cc21. The van der Waals surface area contributed by atoms with Gasteiger partial charge >= 0.3 is 0 Å². The first-order valence-electron chi connectivity index (χ1n) is 19.7. The van der Waals surface area contributed by atoms with Gasteiger partial charge in [-0.1, -0.05) is 178 Å². The second-order valence-electron chi connectivity index (χ2n) is 15.8. The summed E-state index contributed by atoms with van der Waals surface area (Å²) in [5.41, 5.74) is 15.2. The fourth-order valence-corrected chi connectivity index (χ4v) is 9.02. The molecular weight excluding hydrogens is 689 g/mol. The largest absolute Gasteiger partial charge is 0.228 e. The number of benzene rings is 9. The topological polar surface area (TPSA) is 25.8 Å². The Morgan fingerprint density at radius 3 is 1.63 bits per heavy atom. The van der Waals surface area contributed by atoms with Gasteiger partial charge in [0, 0.05) is 22.1 Å². The fraction of sp³-hybridized carbons (Fsp3) is 0.0545. The number of nitrogens with zero attached hydrogens (tertiary/aromatic N) is 2. The van der Waals surface area contributed by atoms with Gasteiger partial charge in [0.2, 0.25) is 0 Å². The smallest absolute Gasteiger partial charge is 0.160 e. The normalized spacial score (nSPS) is 12.9. The summed E-state index contributed by atoms with van der Waals surface area (Å²) in [6, 6.07) is 70.2. The van der Waals surface area contributed by atoms with E-state index >= 15 is 0 Å². The minimum absolute atomic E-state index is 0.0763. The molecule has 57 heavy (non-hydrogen) atoms. The first kappa shape index (κ1) is 33.2. The van der Waals surface area contributed by atoms with E-state index in [1.807, 2.05) is 18.2 Å². The number of rotatable bonds is 5. The molecule has 0 saturated heterocycles. The zero-order valence-electron chi connectivity index (χ0n) is 31.9. The number of hydrogen-bond acceptors (Lipinski definition) is 2. The average Bonchev–Trinajstić information content (AvgIpc) is 3.49. The second kappa shape index (κ2) is 13.0. The number of hydrogen-bond donors (Lipinski definition) is 0. The van der Waals surface area contributed by atoms with Gasteiger partial charge in [0.25, 0.3) is 0 Å². The molecule has 0 radical (unpaired) electrons. The van der Waals surface area contributed by atoms with E-state index in [9.17, 15) is 0 Å². The molecule has 0 unspecified atom stereocenters. The summed E-state index contributed by atoms with van der Waals surface area (Å²) in [4.78, 5) is 10.3. The highest BCUT2D eigenvalue weighted by Gasteiger charge is 2.36. The van der Waals surface area contributed by atoms with Crippen molar-refractivity contribution in [2.45, 2.75) is 19.3 Å². The van der Waals surface area contributed by atoms with Gasteiger partial charge in [0.05, 0.1) is 11.4 Å². The van der Waals surface area contributed by atoms with Crippen molar-refractivity contribution < 1.29 is 0 Å². The van der Waals surface area contributed by atoms with Crippen molar-refractivity contribution >= 4 is 32.3 Å². The van der Waals surface area contributed by atoms with Crippen LogP contribution in [0.15, 0.2) is 194 Å². The van der Waals surface area contributed by atoms with Crippen LogP contribution in [0.3, 0.4) is 0 Å². The summed E-state index contributed by atoms with van der Waals surface area (Å²) in [7, 11) is 0. The van der Waals surface area contributed by atoms with Gasteiger partial charge in [-0.25, -0.2) is 9.97 Å². The molecule has 0 bridgehead atoms. The molecule has 10 aromatic rings. The van der Waals surface area contributed by atoms with Crippen LogP contribution in [0, 0.1) is 0 Å². The highest BCUT2D eigenvalue weighted by molar-refractivity contribution is 6.05. The van der Waals surface area contributed by atoms with E-state index in [-0.39, 0.29) is 5.41 Å². The van der Waals surface area contributed by atoms with Crippen LogP contribution in [-0.2, 0) is 5.41 Å². The van der Waals surface area contributed by atoms with Crippen molar-refractivity contribution in [3.8, 4) is 67.3 Å². The molecule has 268 valence electrons. The lowest BCUT2D eigenvalue weighted by Gasteiger charge is -2.22. The average molecular weight is 727 g/mol. The van der Waals surface area contributed by atoms with Gasteiger partial charge in [-0.15, -0.1) is 0 Å². The van der Waals surface area contributed by atoms with Gasteiger partial charge in [0.1, 0.15) is 0 Å². The summed E-state index contributed by atoms with van der Waals surface area (Å²) in [6.45, 7) is 4.73. The highest BCUT2D eigenvalue weighted by atomic mass is 14.9. The van der Waals surface area contributed by atoms with E-state index in [0.29, 0.717) is 5.82 Å². The molecule has 0 amide bonds. The maximum absolute atomic E-state index is 5.21. The van der Waals surface area contributed by atoms with Gasteiger partial charge < -0.3 is 0 Å². The molecule has 0 spiro atoms. The van der Waals surface area contributed by atoms with Crippen molar-refractivity contribution in [2.24, 2.45) is 0 Å². The van der Waals surface area contributed by atoms with Crippen molar-refractivity contribution in [3.63, 3.8) is 0 Å². The summed E-state index contributed by atoms with van der Waals surface area (Å²) < 4.78 is 0. The molecule has 2 heteroatoms. The zero-order valence-corrected chi connectivity index (χ0v) is 31.9. The lowest BCUT2D eigenvalue weighted by molar-refractivity contribution is 0.661. The van der Waals surface area contributed by atoms with Crippen molar-refractivity contribution in [2.75, 3.05) is 0 Å². The molecule has 1 aliphatic carbocycles. The Labute approximate surface area is 332 Å². The van der Waals surface area contributed by atoms with Gasteiger partial charge in [-0.05, 0) is 107 Å². The lowest BCUT2D eigenvalue weighted by atomic mass is 9.81. The fourth-order valence-electron chi connectivity index (χ4n) is 9.02. The van der Waals surface area contributed by atoms with E-state index in [1.54, 1.807) is 0 Å². The maximum atomic E-state index is 5.21. The van der Waals surface area contributed by atoms with E-state index in [2.05, 4.69) is 190 Å². The zero-order chi connectivity index (χ0) is 38.1. The third-order valence-electron chi connectivity index (χ3n) is 12.1. The summed E-state index contributed by atoms with van der Waals surface area (Å²) in [5, 5.41) is 7.35. The van der Waals surface area contributed by atoms with Crippen molar-refractivity contribution in [3.05, 3.63) is 205 Å². The quantitative estimate of drug-likeness (QED) is 0.176. The van der Waals surface area contributed by atoms with Crippen molar-refractivity contribution in [1.29, 1.82) is 0 Å². The van der Waals surface area contributed by atoms with Crippen LogP contribution in [-0.4, -0.2) is 9.97 Å². The molecule has 9 aromatic carbocycles.